The lowest BCUT2D eigenvalue weighted by Gasteiger charge is -2.18. The van der Waals surface area contributed by atoms with E-state index < -0.39 is 0 Å². The quantitative estimate of drug-likeness (QED) is 0.545. The highest BCUT2D eigenvalue weighted by Crippen LogP contribution is 1.96. The highest BCUT2D eigenvalue weighted by Gasteiger charge is 2.06. The average Bonchev–Trinajstić information content (AvgIpc) is 2.13. The van der Waals surface area contributed by atoms with Gasteiger partial charge in [0.25, 0.3) is 0 Å². The van der Waals surface area contributed by atoms with Crippen molar-refractivity contribution in [1.82, 2.24) is 0 Å². The van der Waals surface area contributed by atoms with E-state index in [1.807, 2.05) is 34.6 Å². The first-order valence-electron chi connectivity index (χ1n) is 4.59. The third-order valence-electron chi connectivity index (χ3n) is 0.983. The summed E-state index contributed by atoms with van der Waals surface area (Å²) in [6.45, 7) is 12.3. The van der Waals surface area contributed by atoms with Crippen LogP contribution in [0.2, 0.25) is 0 Å². The summed E-state index contributed by atoms with van der Waals surface area (Å²) in [5.41, 5.74) is 0. The summed E-state index contributed by atoms with van der Waals surface area (Å²) < 4.78 is 10.2. The third kappa shape index (κ3) is 9.92. The predicted molar refractivity (Wildman–Crippen MR) is 48.9 cm³/mol. The summed E-state index contributed by atoms with van der Waals surface area (Å²) in [6.07, 6.45) is 0.314. The zero-order valence-electron chi connectivity index (χ0n) is 8.52. The van der Waals surface area contributed by atoms with Crippen molar-refractivity contribution in [3.8, 4) is 0 Å². The van der Waals surface area contributed by atoms with Gasteiger partial charge in [-0.05, 0) is 6.92 Å². The summed E-state index contributed by atoms with van der Waals surface area (Å²) in [5.74, 6) is 0. The molecule has 0 aromatic heterocycles. The minimum Gasteiger partial charge on any atom is -0.376 e. The second kappa shape index (κ2) is 12.6. The molecular formula is C9H22O2. The molecule has 11 heavy (non-hydrogen) atoms. The highest BCUT2D eigenvalue weighted by molar-refractivity contribution is 4.50. The SMILES string of the molecule is CC.CC.CC1COCCO1. The molecule has 0 aromatic rings. The van der Waals surface area contributed by atoms with E-state index in [9.17, 15) is 0 Å². The van der Waals surface area contributed by atoms with Gasteiger partial charge < -0.3 is 9.47 Å². The molecule has 1 rings (SSSR count). The van der Waals surface area contributed by atoms with Crippen molar-refractivity contribution < 1.29 is 9.47 Å². The molecule has 0 spiro atoms. The van der Waals surface area contributed by atoms with Crippen molar-refractivity contribution >= 4 is 0 Å². The van der Waals surface area contributed by atoms with Gasteiger partial charge in [-0.25, -0.2) is 0 Å². The molecule has 0 aromatic carbocycles. The Morgan fingerprint density at radius 2 is 1.55 bits per heavy atom. The molecule has 2 nitrogen and oxygen atoms in total. The Morgan fingerprint density at radius 3 is 1.73 bits per heavy atom. The van der Waals surface area contributed by atoms with E-state index in [-0.39, 0.29) is 0 Å². The van der Waals surface area contributed by atoms with Crippen LogP contribution in [-0.2, 0) is 9.47 Å². The van der Waals surface area contributed by atoms with Gasteiger partial charge in [-0.2, -0.15) is 0 Å². The van der Waals surface area contributed by atoms with Gasteiger partial charge >= 0.3 is 0 Å². The van der Waals surface area contributed by atoms with Gasteiger partial charge in [0, 0.05) is 0 Å². The zero-order valence-corrected chi connectivity index (χ0v) is 8.52. The van der Waals surface area contributed by atoms with Gasteiger partial charge in [-0.15, -0.1) is 0 Å². The molecule has 1 unspecified atom stereocenters. The van der Waals surface area contributed by atoms with Crippen LogP contribution in [-0.4, -0.2) is 25.9 Å². The van der Waals surface area contributed by atoms with Crippen molar-refractivity contribution in [3.63, 3.8) is 0 Å². The maximum atomic E-state index is 5.15. The first-order valence-corrected chi connectivity index (χ1v) is 4.59. The Balaban J connectivity index is 0. The molecule has 1 atom stereocenters. The molecule has 0 N–H and O–H groups in total. The minimum atomic E-state index is 0.314. The van der Waals surface area contributed by atoms with Crippen molar-refractivity contribution in [2.45, 2.75) is 40.7 Å². The van der Waals surface area contributed by atoms with Gasteiger partial charge in [0.15, 0.2) is 0 Å². The normalized spacial score (nSPS) is 22.1. The summed E-state index contributed by atoms with van der Waals surface area (Å²) in [6, 6.07) is 0. The maximum absolute atomic E-state index is 5.15. The highest BCUT2D eigenvalue weighted by atomic mass is 16.6. The Hall–Kier alpha value is -0.0800. The van der Waals surface area contributed by atoms with E-state index in [4.69, 9.17) is 9.47 Å². The second-order valence-corrected chi connectivity index (χ2v) is 1.76. The van der Waals surface area contributed by atoms with Crippen molar-refractivity contribution in [2.75, 3.05) is 19.8 Å². The standard InChI is InChI=1S/C5H10O2.2C2H6/c1-5-4-6-2-3-7-5;2*1-2/h5H,2-4H2,1H3;2*1-2H3. The van der Waals surface area contributed by atoms with Crippen molar-refractivity contribution in [1.29, 1.82) is 0 Å². The molecule has 1 aliphatic heterocycles. The lowest BCUT2D eigenvalue weighted by Crippen LogP contribution is -2.25. The van der Waals surface area contributed by atoms with Gasteiger partial charge in [-0.1, -0.05) is 27.7 Å². The first-order chi connectivity index (χ1) is 5.39. The van der Waals surface area contributed by atoms with Crippen LogP contribution in [0.4, 0.5) is 0 Å². The largest absolute Gasteiger partial charge is 0.376 e. The Morgan fingerprint density at radius 1 is 1.00 bits per heavy atom. The topological polar surface area (TPSA) is 18.5 Å². The fourth-order valence-electron chi connectivity index (χ4n) is 0.606. The van der Waals surface area contributed by atoms with Crippen LogP contribution in [0, 0.1) is 0 Å². The van der Waals surface area contributed by atoms with E-state index in [0.717, 1.165) is 19.8 Å². The van der Waals surface area contributed by atoms with Crippen LogP contribution in [0.15, 0.2) is 0 Å². The number of ether oxygens (including phenoxy) is 2. The van der Waals surface area contributed by atoms with E-state index >= 15 is 0 Å². The van der Waals surface area contributed by atoms with Gasteiger partial charge in [-0.3, -0.25) is 0 Å². The van der Waals surface area contributed by atoms with E-state index in [2.05, 4.69) is 0 Å². The molecule has 1 fully saturated rings. The predicted octanol–water partition coefficient (Wildman–Crippen LogP) is 2.47. The zero-order chi connectivity index (χ0) is 9.11. The Bertz CT molecular complexity index is 49.5. The number of rotatable bonds is 0. The lowest BCUT2D eigenvalue weighted by molar-refractivity contribution is -0.0797. The molecule has 70 valence electrons. The van der Waals surface area contributed by atoms with E-state index in [1.165, 1.54) is 0 Å². The number of hydrogen-bond acceptors (Lipinski definition) is 2. The Labute approximate surface area is 70.9 Å². The smallest absolute Gasteiger partial charge is 0.0781 e. The van der Waals surface area contributed by atoms with Crippen LogP contribution in [0.1, 0.15) is 34.6 Å². The van der Waals surface area contributed by atoms with E-state index in [1.54, 1.807) is 0 Å². The molecule has 1 saturated heterocycles. The summed E-state index contributed by atoms with van der Waals surface area (Å²) >= 11 is 0. The first kappa shape index (κ1) is 13.5. The number of hydrogen-bond donors (Lipinski definition) is 0. The second-order valence-electron chi connectivity index (χ2n) is 1.76. The van der Waals surface area contributed by atoms with Crippen LogP contribution >= 0.6 is 0 Å². The molecule has 1 aliphatic rings. The van der Waals surface area contributed by atoms with Crippen LogP contribution in [0.25, 0.3) is 0 Å². The van der Waals surface area contributed by atoms with Crippen LogP contribution in [0.3, 0.4) is 0 Å². The molecule has 0 radical (unpaired) electrons. The summed E-state index contributed by atoms with van der Waals surface area (Å²) in [7, 11) is 0. The molecule has 0 bridgehead atoms. The van der Waals surface area contributed by atoms with E-state index in [0.29, 0.717) is 6.10 Å². The van der Waals surface area contributed by atoms with Gasteiger partial charge in [0.1, 0.15) is 0 Å². The van der Waals surface area contributed by atoms with Crippen molar-refractivity contribution in [3.05, 3.63) is 0 Å². The van der Waals surface area contributed by atoms with Crippen LogP contribution in [0.5, 0.6) is 0 Å². The minimum absolute atomic E-state index is 0.314. The fraction of sp³-hybridized carbons (Fsp3) is 1.00. The lowest BCUT2D eigenvalue weighted by atomic mass is 10.4. The molecular weight excluding hydrogens is 140 g/mol. The van der Waals surface area contributed by atoms with Gasteiger partial charge in [0.2, 0.25) is 0 Å². The average molecular weight is 162 g/mol. The van der Waals surface area contributed by atoms with Gasteiger partial charge in [0.05, 0.1) is 25.9 Å². The molecule has 1 heterocycles. The third-order valence-corrected chi connectivity index (χ3v) is 0.983. The molecule has 0 saturated carbocycles. The monoisotopic (exact) mass is 162 g/mol. The van der Waals surface area contributed by atoms with Crippen LogP contribution < -0.4 is 0 Å². The fourth-order valence-corrected chi connectivity index (χ4v) is 0.606. The molecule has 2 heteroatoms. The molecule has 0 aliphatic carbocycles. The summed E-state index contributed by atoms with van der Waals surface area (Å²) in [4.78, 5) is 0. The molecule has 0 amide bonds. The Kier molecular flexibility index (Phi) is 15.4. The maximum Gasteiger partial charge on any atom is 0.0781 e. The summed E-state index contributed by atoms with van der Waals surface area (Å²) in [5, 5.41) is 0. The van der Waals surface area contributed by atoms with Crippen molar-refractivity contribution in [2.24, 2.45) is 0 Å².